The van der Waals surface area contributed by atoms with E-state index in [0.29, 0.717) is 0 Å². The summed E-state index contributed by atoms with van der Waals surface area (Å²) >= 11 is 0. The molecule has 0 aromatic carbocycles. The molecule has 202 valence electrons. The zero-order valence-corrected chi connectivity index (χ0v) is 25.5. The monoisotopic (exact) mass is 566 g/mol. The number of rotatable bonds is 20. The molecular weight excluding hydrogens is 529 g/mol. The molecule has 0 heterocycles. The van der Waals surface area contributed by atoms with Gasteiger partial charge in [-0.2, -0.15) is 0 Å². The lowest BCUT2D eigenvalue weighted by atomic mass is 10.3. The fourth-order valence-corrected chi connectivity index (χ4v) is 15.3. The molecule has 0 saturated carbocycles. The topological polar surface area (TPSA) is 137 Å². The first-order valence-electron chi connectivity index (χ1n) is 9.92. The minimum absolute atomic E-state index is 0.000913. The van der Waals surface area contributed by atoms with Crippen LogP contribution in [0.4, 0.5) is 0 Å². The standard InChI is InChI=1S/C16H38O14Si4/c1-12-16(17)27-15(2)13-14-31(28-32(18-3,19-4)20-5,29-33(21-6,22-7)23-8)30-34(24-9,25-10)26-11/h12,15H,1,13-14H2,2-11H3. The van der Waals surface area contributed by atoms with Crippen LogP contribution < -0.4 is 0 Å². The average molecular weight is 567 g/mol. The fourth-order valence-electron chi connectivity index (χ4n) is 2.60. The van der Waals surface area contributed by atoms with Crippen molar-refractivity contribution in [1.29, 1.82) is 0 Å². The third-order valence-electron chi connectivity index (χ3n) is 4.43. The second kappa shape index (κ2) is 15.7. The predicted octanol–water partition coefficient (Wildman–Crippen LogP) is 0.607. The number of carbonyl (C=O) groups is 1. The van der Waals surface area contributed by atoms with Gasteiger partial charge < -0.3 is 56.9 Å². The largest absolute Gasteiger partial charge is 0.671 e. The summed E-state index contributed by atoms with van der Waals surface area (Å²) in [7, 11) is -3.62. The molecule has 1 unspecified atom stereocenters. The van der Waals surface area contributed by atoms with Gasteiger partial charge >= 0.3 is 41.9 Å². The molecule has 0 aliphatic heterocycles. The van der Waals surface area contributed by atoms with Crippen molar-refractivity contribution in [3.63, 3.8) is 0 Å². The molecular formula is C16H38O14Si4. The van der Waals surface area contributed by atoms with Crippen molar-refractivity contribution in [1.82, 2.24) is 0 Å². The molecule has 0 aliphatic rings. The predicted molar refractivity (Wildman–Crippen MR) is 125 cm³/mol. The maximum absolute atomic E-state index is 11.7. The van der Waals surface area contributed by atoms with Crippen LogP contribution in [-0.2, 0) is 61.7 Å². The van der Waals surface area contributed by atoms with Crippen LogP contribution in [-0.4, -0.2) is 112 Å². The molecule has 0 spiro atoms. The van der Waals surface area contributed by atoms with Gasteiger partial charge in [0, 0.05) is 76.1 Å². The molecule has 1 atom stereocenters. The zero-order chi connectivity index (χ0) is 26.5. The molecule has 0 radical (unpaired) electrons. The van der Waals surface area contributed by atoms with Crippen LogP contribution in [0.25, 0.3) is 0 Å². The Morgan fingerprint density at radius 2 is 0.971 bits per heavy atom. The van der Waals surface area contributed by atoms with E-state index in [4.69, 9.17) is 56.9 Å². The number of hydrogen-bond donors (Lipinski definition) is 0. The van der Waals surface area contributed by atoms with E-state index in [9.17, 15) is 4.79 Å². The second-order valence-electron chi connectivity index (χ2n) is 6.32. The first-order valence-corrected chi connectivity index (χ1v) is 16.7. The Labute approximate surface area is 206 Å². The van der Waals surface area contributed by atoms with Crippen LogP contribution in [0.5, 0.6) is 0 Å². The molecule has 34 heavy (non-hydrogen) atoms. The van der Waals surface area contributed by atoms with Crippen LogP contribution in [0.1, 0.15) is 13.3 Å². The van der Waals surface area contributed by atoms with Gasteiger partial charge in [0.2, 0.25) is 0 Å². The second-order valence-corrected chi connectivity index (χ2v) is 17.3. The smallest absolute Gasteiger partial charge is 0.460 e. The first kappa shape index (κ1) is 33.6. The third kappa shape index (κ3) is 9.23. The van der Waals surface area contributed by atoms with Gasteiger partial charge in [0.05, 0.1) is 6.10 Å². The van der Waals surface area contributed by atoms with Crippen LogP contribution >= 0.6 is 0 Å². The van der Waals surface area contributed by atoms with Gasteiger partial charge in [0.15, 0.2) is 0 Å². The maximum Gasteiger partial charge on any atom is 0.671 e. The van der Waals surface area contributed by atoms with E-state index in [1.54, 1.807) is 6.92 Å². The molecule has 0 aromatic heterocycles. The van der Waals surface area contributed by atoms with Gasteiger partial charge in [-0.15, -0.1) is 0 Å². The SMILES string of the molecule is C=CC(=O)OC(C)CC[Si](O[Si](OC)(OC)OC)(O[Si](OC)(OC)OC)O[Si](OC)(OC)OC. The Hall–Kier alpha value is -0.402. The summed E-state index contributed by atoms with van der Waals surface area (Å²) in [5, 5.41) is 0. The summed E-state index contributed by atoms with van der Waals surface area (Å²) in [6.45, 7) is 5.07. The molecule has 0 saturated heterocycles. The summed E-state index contributed by atoms with van der Waals surface area (Å²) in [4.78, 5) is 11.7. The summed E-state index contributed by atoms with van der Waals surface area (Å²) in [6, 6.07) is -0.000913. The molecule has 0 rings (SSSR count). The highest BCUT2D eigenvalue weighted by Crippen LogP contribution is 2.32. The van der Waals surface area contributed by atoms with Crippen molar-refractivity contribution >= 4 is 41.9 Å². The van der Waals surface area contributed by atoms with Gasteiger partial charge in [-0.3, -0.25) is 0 Å². The zero-order valence-electron chi connectivity index (χ0n) is 21.5. The van der Waals surface area contributed by atoms with Gasteiger partial charge in [0.25, 0.3) is 0 Å². The molecule has 0 N–H and O–H groups in total. The molecule has 14 nitrogen and oxygen atoms in total. The van der Waals surface area contributed by atoms with E-state index in [-0.39, 0.29) is 12.5 Å². The summed E-state index contributed by atoms with van der Waals surface area (Å²) in [6.07, 6.45) is 0.654. The van der Waals surface area contributed by atoms with Crippen molar-refractivity contribution in [2.45, 2.75) is 25.5 Å². The summed E-state index contributed by atoms with van der Waals surface area (Å²) < 4.78 is 73.1. The highest BCUT2D eigenvalue weighted by molar-refractivity contribution is 6.82. The molecule has 0 fully saturated rings. The van der Waals surface area contributed by atoms with Crippen LogP contribution in [0.2, 0.25) is 6.04 Å². The van der Waals surface area contributed by atoms with Crippen molar-refractivity contribution in [3.05, 3.63) is 12.7 Å². The minimum Gasteiger partial charge on any atom is -0.460 e. The van der Waals surface area contributed by atoms with Gasteiger partial charge in [-0.05, 0) is 13.3 Å². The Morgan fingerprint density at radius 1 is 0.676 bits per heavy atom. The van der Waals surface area contributed by atoms with Gasteiger partial charge in [-0.1, -0.05) is 6.58 Å². The quantitative estimate of drug-likeness (QED) is 0.115. The van der Waals surface area contributed by atoms with Gasteiger partial charge in [0.1, 0.15) is 0 Å². The van der Waals surface area contributed by atoms with Crippen LogP contribution in [0, 0.1) is 0 Å². The Bertz CT molecular complexity index is 520. The maximum atomic E-state index is 11.7. The van der Waals surface area contributed by atoms with Crippen molar-refractivity contribution in [3.8, 4) is 0 Å². The lowest BCUT2D eigenvalue weighted by Crippen LogP contribution is -2.69. The molecule has 18 heteroatoms. The molecule has 0 amide bonds. The van der Waals surface area contributed by atoms with E-state index in [2.05, 4.69) is 6.58 Å². The molecule has 0 aromatic rings. The van der Waals surface area contributed by atoms with Gasteiger partial charge in [-0.25, -0.2) is 4.79 Å². The highest BCUT2D eigenvalue weighted by Gasteiger charge is 2.66. The first-order chi connectivity index (χ1) is 16.0. The highest BCUT2D eigenvalue weighted by atomic mass is 28.5. The molecule has 0 aliphatic carbocycles. The lowest BCUT2D eigenvalue weighted by Gasteiger charge is -2.41. The Kier molecular flexibility index (Phi) is 15.5. The van der Waals surface area contributed by atoms with E-state index >= 15 is 0 Å². The minimum atomic E-state index is -4.17. The Morgan fingerprint density at radius 3 is 1.21 bits per heavy atom. The number of carbonyl (C=O) groups excluding carboxylic acids is 1. The van der Waals surface area contributed by atoms with Crippen molar-refractivity contribution < 1.29 is 61.7 Å². The number of ether oxygens (including phenoxy) is 1. The summed E-state index contributed by atoms with van der Waals surface area (Å²) in [5.74, 6) is -0.597. The number of hydrogen-bond acceptors (Lipinski definition) is 14. The van der Waals surface area contributed by atoms with E-state index < -0.39 is 48.0 Å². The van der Waals surface area contributed by atoms with Crippen LogP contribution in [0.15, 0.2) is 12.7 Å². The third-order valence-corrected chi connectivity index (χ3v) is 16.6. The van der Waals surface area contributed by atoms with E-state index in [1.165, 1.54) is 64.0 Å². The lowest BCUT2D eigenvalue weighted by molar-refractivity contribution is -0.142. The number of esters is 1. The van der Waals surface area contributed by atoms with Crippen LogP contribution in [0.3, 0.4) is 0 Å². The Balaban J connectivity index is 6.66. The normalized spacial score (nSPS) is 14.2. The molecule has 0 bridgehead atoms. The fraction of sp³-hybridized carbons (Fsp3) is 0.812. The van der Waals surface area contributed by atoms with E-state index in [0.717, 1.165) is 6.08 Å². The average Bonchev–Trinajstić information content (AvgIpc) is 2.88. The van der Waals surface area contributed by atoms with Crippen molar-refractivity contribution in [2.75, 3.05) is 64.0 Å². The summed E-state index contributed by atoms with van der Waals surface area (Å²) in [5.41, 5.74) is 0. The van der Waals surface area contributed by atoms with Crippen molar-refractivity contribution in [2.24, 2.45) is 0 Å². The van der Waals surface area contributed by atoms with E-state index in [1.807, 2.05) is 0 Å².